The van der Waals surface area contributed by atoms with Gasteiger partial charge >= 0.3 is 0 Å². The minimum absolute atomic E-state index is 0.0770. The molecule has 0 atom stereocenters. The third kappa shape index (κ3) is 3.80. The van der Waals surface area contributed by atoms with Crippen molar-refractivity contribution in [1.82, 2.24) is 5.32 Å². The maximum absolute atomic E-state index is 13.7. The van der Waals surface area contributed by atoms with Crippen LogP contribution in [0, 0.1) is 17.7 Å². The van der Waals surface area contributed by atoms with Gasteiger partial charge in [-0.1, -0.05) is 11.8 Å². The lowest BCUT2D eigenvalue weighted by Crippen LogP contribution is -2.38. The average molecular weight is 277 g/mol. The summed E-state index contributed by atoms with van der Waals surface area (Å²) >= 11 is 0. The third-order valence-corrected chi connectivity index (χ3v) is 3.09. The largest absolute Gasteiger partial charge is 0.384 e. The number of ether oxygens (including phenoxy) is 1. The fraction of sp³-hybridized carbons (Fsp3) is 0.400. The number of amides is 1. The van der Waals surface area contributed by atoms with E-state index < -0.39 is 5.82 Å². The van der Waals surface area contributed by atoms with Gasteiger partial charge in [-0.05, 0) is 31.0 Å². The summed E-state index contributed by atoms with van der Waals surface area (Å²) in [5.74, 6) is 4.00. The molecule has 1 aliphatic rings. The SMILES string of the molecule is O=C(NC1CCOCC1)c1ccc(C#CCO)c(F)c1. The highest BCUT2D eigenvalue weighted by atomic mass is 19.1. The fourth-order valence-electron chi connectivity index (χ4n) is 2.00. The van der Waals surface area contributed by atoms with Crippen molar-refractivity contribution in [3.63, 3.8) is 0 Å². The standard InChI is InChI=1S/C15H16FNO3/c16-14-10-12(4-3-11(14)2-1-7-18)15(19)17-13-5-8-20-9-6-13/h3-4,10,13,18H,5-9H2,(H,17,19). The van der Waals surface area contributed by atoms with Gasteiger partial charge in [0.25, 0.3) is 5.91 Å². The fourth-order valence-corrected chi connectivity index (χ4v) is 2.00. The number of carbonyl (C=O) groups excluding carboxylic acids is 1. The van der Waals surface area contributed by atoms with Crippen molar-refractivity contribution in [3.8, 4) is 11.8 Å². The third-order valence-electron chi connectivity index (χ3n) is 3.09. The van der Waals surface area contributed by atoms with Gasteiger partial charge in [0.1, 0.15) is 12.4 Å². The molecular formula is C15H16FNO3. The molecule has 0 saturated carbocycles. The van der Waals surface area contributed by atoms with Crippen LogP contribution in [-0.4, -0.2) is 36.9 Å². The lowest BCUT2D eigenvalue weighted by molar-refractivity contribution is 0.0696. The molecule has 2 rings (SSSR count). The number of nitrogens with one attached hydrogen (secondary N) is 1. The molecule has 0 bridgehead atoms. The Labute approximate surface area is 116 Å². The lowest BCUT2D eigenvalue weighted by atomic mass is 10.1. The predicted octanol–water partition coefficient (Wildman–Crippen LogP) is 1.08. The van der Waals surface area contributed by atoms with Crippen molar-refractivity contribution in [1.29, 1.82) is 0 Å². The van der Waals surface area contributed by atoms with Crippen molar-refractivity contribution in [2.24, 2.45) is 0 Å². The first-order chi connectivity index (χ1) is 9.70. The van der Waals surface area contributed by atoms with Crippen LogP contribution in [0.3, 0.4) is 0 Å². The van der Waals surface area contributed by atoms with Crippen molar-refractivity contribution in [2.45, 2.75) is 18.9 Å². The van der Waals surface area contributed by atoms with E-state index in [0.717, 1.165) is 18.9 Å². The number of aliphatic hydroxyl groups is 1. The first-order valence-corrected chi connectivity index (χ1v) is 6.48. The molecule has 106 valence electrons. The van der Waals surface area contributed by atoms with Crippen LogP contribution in [0.15, 0.2) is 18.2 Å². The molecule has 1 fully saturated rings. The second-order valence-electron chi connectivity index (χ2n) is 4.51. The lowest BCUT2D eigenvalue weighted by Gasteiger charge is -2.23. The second-order valence-corrected chi connectivity index (χ2v) is 4.51. The predicted molar refractivity (Wildman–Crippen MR) is 71.7 cm³/mol. The molecule has 0 unspecified atom stereocenters. The molecule has 0 aromatic heterocycles. The number of halogens is 1. The van der Waals surface area contributed by atoms with Gasteiger partial charge in [-0.3, -0.25) is 4.79 Å². The van der Waals surface area contributed by atoms with Crippen molar-refractivity contribution < 1.29 is 19.0 Å². The first kappa shape index (κ1) is 14.5. The molecule has 1 aliphatic heterocycles. The number of benzene rings is 1. The highest BCUT2D eigenvalue weighted by Gasteiger charge is 2.17. The van der Waals surface area contributed by atoms with Crippen LogP contribution in [0.2, 0.25) is 0 Å². The molecule has 1 amide bonds. The molecule has 1 aromatic carbocycles. The zero-order chi connectivity index (χ0) is 14.4. The minimum atomic E-state index is -0.564. The Balaban J connectivity index is 2.04. The van der Waals surface area contributed by atoms with E-state index in [-0.39, 0.29) is 29.7 Å². The summed E-state index contributed by atoms with van der Waals surface area (Å²) in [4.78, 5) is 12.0. The van der Waals surface area contributed by atoms with E-state index >= 15 is 0 Å². The van der Waals surface area contributed by atoms with Crippen molar-refractivity contribution >= 4 is 5.91 Å². The molecule has 0 spiro atoms. The van der Waals surface area contributed by atoms with Crippen molar-refractivity contribution in [2.75, 3.05) is 19.8 Å². The monoisotopic (exact) mass is 277 g/mol. The molecule has 1 aromatic rings. The van der Waals surface area contributed by atoms with Crippen LogP contribution in [0.5, 0.6) is 0 Å². The average Bonchev–Trinajstić information content (AvgIpc) is 2.47. The van der Waals surface area contributed by atoms with E-state index in [4.69, 9.17) is 9.84 Å². The zero-order valence-electron chi connectivity index (χ0n) is 11.0. The summed E-state index contributed by atoms with van der Waals surface area (Å²) in [6.07, 6.45) is 1.54. The summed E-state index contributed by atoms with van der Waals surface area (Å²) in [5, 5.41) is 11.4. The number of hydrogen-bond donors (Lipinski definition) is 2. The quantitative estimate of drug-likeness (QED) is 0.795. The smallest absolute Gasteiger partial charge is 0.251 e. The number of rotatable bonds is 2. The van der Waals surface area contributed by atoms with Crippen LogP contribution in [0.1, 0.15) is 28.8 Å². The van der Waals surface area contributed by atoms with Crippen molar-refractivity contribution in [3.05, 3.63) is 35.1 Å². The summed E-state index contributed by atoms with van der Waals surface area (Å²) in [5.41, 5.74) is 0.435. The Hall–Kier alpha value is -1.90. The van der Waals surface area contributed by atoms with E-state index in [1.807, 2.05) is 0 Å². The Morgan fingerprint density at radius 2 is 2.20 bits per heavy atom. The van der Waals surface area contributed by atoms with Crippen LogP contribution in [0.25, 0.3) is 0 Å². The summed E-state index contributed by atoms with van der Waals surface area (Å²) in [7, 11) is 0. The van der Waals surface area contributed by atoms with Gasteiger partial charge in [-0.15, -0.1) is 0 Å². The number of carbonyl (C=O) groups is 1. The normalized spacial score (nSPS) is 15.3. The molecule has 1 saturated heterocycles. The van der Waals surface area contributed by atoms with E-state index in [1.54, 1.807) is 0 Å². The number of aliphatic hydroxyl groups excluding tert-OH is 1. The van der Waals surface area contributed by atoms with Crippen LogP contribution < -0.4 is 5.32 Å². The molecule has 5 heteroatoms. The first-order valence-electron chi connectivity index (χ1n) is 6.48. The Bertz CT molecular complexity index is 542. The highest BCUT2D eigenvalue weighted by molar-refractivity contribution is 5.94. The molecule has 20 heavy (non-hydrogen) atoms. The summed E-state index contributed by atoms with van der Waals surface area (Å²) in [6.45, 7) is 0.940. The molecule has 0 radical (unpaired) electrons. The Morgan fingerprint density at radius 3 is 2.85 bits per heavy atom. The Morgan fingerprint density at radius 1 is 1.45 bits per heavy atom. The van der Waals surface area contributed by atoms with E-state index in [9.17, 15) is 9.18 Å². The molecule has 1 heterocycles. The highest BCUT2D eigenvalue weighted by Crippen LogP contribution is 2.11. The zero-order valence-corrected chi connectivity index (χ0v) is 11.0. The van der Waals surface area contributed by atoms with Gasteiger partial charge in [0.05, 0.1) is 5.56 Å². The van der Waals surface area contributed by atoms with Gasteiger partial charge < -0.3 is 15.2 Å². The molecule has 0 aliphatic carbocycles. The second kappa shape index (κ2) is 7.04. The van der Waals surface area contributed by atoms with Gasteiger partial charge in [0.2, 0.25) is 0 Å². The van der Waals surface area contributed by atoms with Gasteiger partial charge in [-0.25, -0.2) is 4.39 Å². The molecule has 2 N–H and O–H groups in total. The van der Waals surface area contributed by atoms with Crippen LogP contribution in [-0.2, 0) is 4.74 Å². The number of hydrogen-bond acceptors (Lipinski definition) is 3. The minimum Gasteiger partial charge on any atom is -0.384 e. The molecular weight excluding hydrogens is 261 g/mol. The maximum Gasteiger partial charge on any atom is 0.251 e. The van der Waals surface area contributed by atoms with E-state index in [0.29, 0.717) is 13.2 Å². The maximum atomic E-state index is 13.7. The Kier molecular flexibility index (Phi) is 5.10. The van der Waals surface area contributed by atoms with Crippen LogP contribution in [0.4, 0.5) is 4.39 Å². The van der Waals surface area contributed by atoms with Gasteiger partial charge in [0.15, 0.2) is 0 Å². The van der Waals surface area contributed by atoms with E-state index in [2.05, 4.69) is 17.2 Å². The van der Waals surface area contributed by atoms with Crippen LogP contribution >= 0.6 is 0 Å². The summed E-state index contributed by atoms with van der Waals surface area (Å²) < 4.78 is 18.9. The molecule has 4 nitrogen and oxygen atoms in total. The van der Waals surface area contributed by atoms with Gasteiger partial charge in [0, 0.05) is 24.8 Å². The summed E-state index contributed by atoms with van der Waals surface area (Å²) in [6, 6.07) is 4.21. The van der Waals surface area contributed by atoms with Gasteiger partial charge in [-0.2, -0.15) is 0 Å². The van der Waals surface area contributed by atoms with E-state index in [1.165, 1.54) is 12.1 Å². The topological polar surface area (TPSA) is 58.6 Å².